The summed E-state index contributed by atoms with van der Waals surface area (Å²) in [6, 6.07) is 4.56. The van der Waals surface area contributed by atoms with E-state index in [4.69, 9.17) is 5.73 Å². The van der Waals surface area contributed by atoms with Gasteiger partial charge >= 0.3 is 0 Å². The van der Waals surface area contributed by atoms with Gasteiger partial charge in [-0.3, -0.25) is 0 Å². The van der Waals surface area contributed by atoms with Gasteiger partial charge in [-0.2, -0.15) is 0 Å². The van der Waals surface area contributed by atoms with E-state index in [0.717, 1.165) is 11.8 Å². The van der Waals surface area contributed by atoms with Crippen molar-refractivity contribution in [3.8, 4) is 0 Å². The molecule has 70 valence electrons. The average Bonchev–Trinajstić information content (AvgIpc) is 2.11. The van der Waals surface area contributed by atoms with Crippen molar-refractivity contribution in [3.05, 3.63) is 35.7 Å². The Morgan fingerprint density at radius 1 is 1.46 bits per heavy atom. The molecule has 0 saturated heterocycles. The molecule has 1 rings (SSSR count). The predicted molar refractivity (Wildman–Crippen MR) is 58.3 cm³/mol. The van der Waals surface area contributed by atoms with E-state index in [1.54, 1.807) is 18.2 Å². The van der Waals surface area contributed by atoms with Crippen LogP contribution in [0.15, 0.2) is 24.3 Å². The molecule has 0 aliphatic rings. The normalized spacial score (nSPS) is 10.9. The van der Waals surface area contributed by atoms with Crippen LogP contribution in [0.1, 0.15) is 12.0 Å². The number of anilines is 1. The van der Waals surface area contributed by atoms with Crippen LogP contribution in [0.25, 0.3) is 6.08 Å². The van der Waals surface area contributed by atoms with Crippen LogP contribution < -0.4 is 5.73 Å². The molecule has 0 aromatic heterocycles. The first-order chi connectivity index (χ1) is 6.24. The van der Waals surface area contributed by atoms with Gasteiger partial charge in [0, 0.05) is 16.6 Å². The summed E-state index contributed by atoms with van der Waals surface area (Å²) in [5.41, 5.74) is 6.65. The summed E-state index contributed by atoms with van der Waals surface area (Å²) in [4.78, 5) is 0. The maximum Gasteiger partial charge on any atom is 0.130 e. The maximum atomic E-state index is 13.1. The molecule has 1 aromatic carbocycles. The first-order valence-corrected chi connectivity index (χ1v) is 5.13. The highest BCUT2D eigenvalue weighted by Gasteiger charge is 1.97. The maximum absolute atomic E-state index is 13.1. The lowest BCUT2D eigenvalue weighted by atomic mass is 10.1. The third kappa shape index (κ3) is 3.19. The van der Waals surface area contributed by atoms with Crippen molar-refractivity contribution in [3.63, 3.8) is 0 Å². The monoisotopic (exact) mass is 243 g/mol. The number of hydrogen-bond donors (Lipinski definition) is 1. The minimum absolute atomic E-state index is 0.236. The van der Waals surface area contributed by atoms with E-state index in [0.29, 0.717) is 11.3 Å². The summed E-state index contributed by atoms with van der Waals surface area (Å²) in [5, 5.41) is 0.882. The van der Waals surface area contributed by atoms with E-state index >= 15 is 0 Å². The first kappa shape index (κ1) is 10.3. The Kier molecular flexibility index (Phi) is 3.96. The van der Waals surface area contributed by atoms with Crippen LogP contribution in [0, 0.1) is 5.82 Å². The van der Waals surface area contributed by atoms with Crippen LogP contribution in [0.4, 0.5) is 10.1 Å². The molecule has 3 heteroatoms. The standard InChI is InChI=1S/C10H11BrFN/c11-6-2-1-3-8-7-9(13)4-5-10(8)12/h1,3-5,7H,2,6,13H2. The topological polar surface area (TPSA) is 26.0 Å². The zero-order valence-corrected chi connectivity index (χ0v) is 8.72. The molecule has 1 nitrogen and oxygen atoms in total. The number of nitrogen functional groups attached to an aromatic ring is 1. The van der Waals surface area contributed by atoms with Gasteiger partial charge in [-0.15, -0.1) is 0 Å². The van der Waals surface area contributed by atoms with Gasteiger partial charge in [0.05, 0.1) is 0 Å². The molecule has 2 N–H and O–H groups in total. The summed E-state index contributed by atoms with van der Waals surface area (Å²) in [6.07, 6.45) is 4.54. The zero-order valence-electron chi connectivity index (χ0n) is 7.13. The summed E-state index contributed by atoms with van der Waals surface area (Å²) in [6.45, 7) is 0. The van der Waals surface area contributed by atoms with E-state index in [1.165, 1.54) is 6.07 Å². The molecule has 1 aromatic rings. The number of rotatable bonds is 3. The summed E-state index contributed by atoms with van der Waals surface area (Å²) < 4.78 is 13.1. The third-order valence-electron chi connectivity index (χ3n) is 1.59. The molecule has 13 heavy (non-hydrogen) atoms. The second-order valence-electron chi connectivity index (χ2n) is 2.66. The van der Waals surface area contributed by atoms with Gasteiger partial charge in [-0.05, 0) is 24.6 Å². The van der Waals surface area contributed by atoms with Crippen molar-refractivity contribution in [2.45, 2.75) is 6.42 Å². The summed E-state index contributed by atoms with van der Waals surface area (Å²) in [7, 11) is 0. The number of allylic oxidation sites excluding steroid dienone is 1. The SMILES string of the molecule is Nc1ccc(F)c(C=CCCBr)c1. The molecular weight excluding hydrogens is 233 g/mol. The Morgan fingerprint density at radius 3 is 2.92 bits per heavy atom. The lowest BCUT2D eigenvalue weighted by Gasteiger charge is -1.98. The molecule has 0 amide bonds. The molecule has 0 saturated carbocycles. The van der Waals surface area contributed by atoms with Crippen LogP contribution in [0.5, 0.6) is 0 Å². The smallest absolute Gasteiger partial charge is 0.130 e. The minimum Gasteiger partial charge on any atom is -0.399 e. The van der Waals surface area contributed by atoms with Crippen molar-refractivity contribution in [1.82, 2.24) is 0 Å². The Balaban J connectivity index is 2.81. The van der Waals surface area contributed by atoms with Gasteiger partial charge < -0.3 is 5.73 Å². The molecule has 0 bridgehead atoms. The Hall–Kier alpha value is -0.830. The van der Waals surface area contributed by atoms with Crippen LogP contribution in [-0.2, 0) is 0 Å². The van der Waals surface area contributed by atoms with Crippen LogP contribution in [0.3, 0.4) is 0 Å². The van der Waals surface area contributed by atoms with Gasteiger partial charge in [0.25, 0.3) is 0 Å². The predicted octanol–water partition coefficient (Wildman–Crippen LogP) is 3.21. The van der Waals surface area contributed by atoms with E-state index in [2.05, 4.69) is 15.9 Å². The molecular formula is C10H11BrFN. The second kappa shape index (κ2) is 5.02. The summed E-state index contributed by atoms with van der Waals surface area (Å²) >= 11 is 3.29. The van der Waals surface area contributed by atoms with E-state index < -0.39 is 0 Å². The molecule has 0 heterocycles. The van der Waals surface area contributed by atoms with Gasteiger partial charge in [-0.1, -0.05) is 28.1 Å². The first-order valence-electron chi connectivity index (χ1n) is 4.01. The van der Waals surface area contributed by atoms with Gasteiger partial charge in [0.1, 0.15) is 5.82 Å². The molecule has 0 fully saturated rings. The van der Waals surface area contributed by atoms with Crippen molar-refractivity contribution in [1.29, 1.82) is 0 Å². The van der Waals surface area contributed by atoms with Crippen molar-refractivity contribution in [2.24, 2.45) is 0 Å². The van der Waals surface area contributed by atoms with E-state index in [-0.39, 0.29) is 5.82 Å². The second-order valence-corrected chi connectivity index (χ2v) is 3.45. The fraction of sp³-hybridized carbons (Fsp3) is 0.200. The summed E-state index contributed by atoms with van der Waals surface area (Å²) in [5.74, 6) is -0.236. The minimum atomic E-state index is -0.236. The molecule has 0 aliphatic carbocycles. The third-order valence-corrected chi connectivity index (χ3v) is 2.05. The molecule has 0 unspecified atom stereocenters. The van der Waals surface area contributed by atoms with Crippen molar-refractivity contribution < 1.29 is 4.39 Å². The number of hydrogen-bond acceptors (Lipinski definition) is 1. The fourth-order valence-electron chi connectivity index (χ4n) is 0.963. The van der Waals surface area contributed by atoms with Gasteiger partial charge in [0.15, 0.2) is 0 Å². The lowest BCUT2D eigenvalue weighted by molar-refractivity contribution is 0.625. The number of halogens is 2. The molecule has 0 spiro atoms. The quantitative estimate of drug-likeness (QED) is 0.641. The van der Waals surface area contributed by atoms with Crippen molar-refractivity contribution in [2.75, 3.05) is 11.1 Å². The van der Waals surface area contributed by atoms with Crippen LogP contribution in [-0.4, -0.2) is 5.33 Å². The van der Waals surface area contributed by atoms with Gasteiger partial charge in [0.2, 0.25) is 0 Å². The fourth-order valence-corrected chi connectivity index (χ4v) is 1.23. The van der Waals surface area contributed by atoms with Crippen LogP contribution in [0.2, 0.25) is 0 Å². The largest absolute Gasteiger partial charge is 0.399 e. The number of alkyl halides is 1. The zero-order chi connectivity index (χ0) is 9.68. The molecule has 0 radical (unpaired) electrons. The lowest BCUT2D eigenvalue weighted by Crippen LogP contribution is -1.88. The highest BCUT2D eigenvalue weighted by atomic mass is 79.9. The Morgan fingerprint density at radius 2 is 2.23 bits per heavy atom. The molecule has 0 aliphatic heterocycles. The Labute approximate surface area is 85.6 Å². The average molecular weight is 244 g/mol. The van der Waals surface area contributed by atoms with Crippen LogP contribution >= 0.6 is 15.9 Å². The van der Waals surface area contributed by atoms with Crippen molar-refractivity contribution >= 4 is 27.7 Å². The molecule has 0 atom stereocenters. The number of benzene rings is 1. The van der Waals surface area contributed by atoms with E-state index in [1.807, 2.05) is 6.08 Å². The highest BCUT2D eigenvalue weighted by molar-refractivity contribution is 9.09. The van der Waals surface area contributed by atoms with E-state index in [9.17, 15) is 4.39 Å². The Bertz CT molecular complexity index is 310. The van der Waals surface area contributed by atoms with Gasteiger partial charge in [-0.25, -0.2) is 4.39 Å². The number of nitrogens with two attached hydrogens (primary N) is 1. The highest BCUT2D eigenvalue weighted by Crippen LogP contribution is 2.13.